The van der Waals surface area contributed by atoms with Gasteiger partial charge >= 0.3 is 11.9 Å². The van der Waals surface area contributed by atoms with Crippen molar-refractivity contribution in [2.45, 2.75) is 74.9 Å². The van der Waals surface area contributed by atoms with Gasteiger partial charge in [0.25, 0.3) is 0 Å². The molecule has 0 amide bonds. The molecule has 150 valence electrons. The van der Waals surface area contributed by atoms with Crippen LogP contribution in [-0.4, -0.2) is 48.7 Å². The van der Waals surface area contributed by atoms with Gasteiger partial charge in [0, 0.05) is 14.0 Å². The lowest BCUT2D eigenvalue weighted by molar-refractivity contribution is -0.296. The third-order valence-corrected chi connectivity index (χ3v) is 6.84. The van der Waals surface area contributed by atoms with Crippen LogP contribution >= 0.6 is 0 Å². The number of hydrogen-bond acceptors (Lipinski definition) is 3. The van der Waals surface area contributed by atoms with Gasteiger partial charge in [-0.3, -0.25) is 0 Å². The standard InChI is InChI=1S/C18H25F5O3/c1-15(21,13(20)9-19)18(25-3)11-4-10-5-12(18)8-17(6-10,7-11)26-14(24)16(2,22)23/h10-13H,4-9H2,1-3H3. The van der Waals surface area contributed by atoms with Gasteiger partial charge in [-0.25, -0.2) is 18.0 Å². The fraction of sp³-hybridized carbons (Fsp3) is 0.944. The molecule has 0 aliphatic heterocycles. The van der Waals surface area contributed by atoms with Crippen molar-refractivity contribution in [3.8, 4) is 0 Å². The Morgan fingerprint density at radius 3 is 2.12 bits per heavy atom. The summed E-state index contributed by atoms with van der Waals surface area (Å²) in [6.45, 7) is 0.0217. The minimum Gasteiger partial charge on any atom is -0.455 e. The van der Waals surface area contributed by atoms with Crippen LogP contribution in [0.1, 0.15) is 46.0 Å². The number of carbonyl (C=O) groups is 1. The van der Waals surface area contributed by atoms with Gasteiger partial charge in [-0.05, 0) is 56.8 Å². The molecule has 0 aromatic heterocycles. The minimum atomic E-state index is -3.62. The predicted molar refractivity (Wildman–Crippen MR) is 83.1 cm³/mol. The lowest BCUT2D eigenvalue weighted by Crippen LogP contribution is -2.73. The van der Waals surface area contributed by atoms with E-state index in [-0.39, 0.29) is 18.8 Å². The van der Waals surface area contributed by atoms with Gasteiger partial charge in [0.2, 0.25) is 0 Å². The van der Waals surface area contributed by atoms with E-state index < -0.39 is 53.4 Å². The Morgan fingerprint density at radius 2 is 1.69 bits per heavy atom. The molecule has 4 unspecified atom stereocenters. The van der Waals surface area contributed by atoms with Crippen LogP contribution in [0.2, 0.25) is 0 Å². The Labute approximate surface area is 149 Å². The number of methoxy groups -OCH3 is 1. The summed E-state index contributed by atoms with van der Waals surface area (Å²) in [5.41, 5.74) is -5.23. The summed E-state index contributed by atoms with van der Waals surface area (Å²) in [4.78, 5) is 11.7. The summed E-state index contributed by atoms with van der Waals surface area (Å²) in [6.07, 6.45) is -0.636. The van der Waals surface area contributed by atoms with E-state index in [2.05, 4.69) is 0 Å². The average Bonchev–Trinajstić information content (AvgIpc) is 2.52. The maximum Gasteiger partial charge on any atom is 0.377 e. The molecule has 0 radical (unpaired) electrons. The average molecular weight is 384 g/mol. The maximum atomic E-state index is 15.5. The van der Waals surface area contributed by atoms with E-state index >= 15 is 4.39 Å². The van der Waals surface area contributed by atoms with Gasteiger partial charge in [0.1, 0.15) is 17.9 Å². The Bertz CT molecular complexity index is 558. The van der Waals surface area contributed by atoms with Crippen molar-refractivity contribution < 1.29 is 36.2 Å². The zero-order chi connectivity index (χ0) is 19.5. The molecule has 0 spiro atoms. The highest BCUT2D eigenvalue weighted by Crippen LogP contribution is 2.66. The molecule has 4 aliphatic carbocycles. The first-order valence-corrected chi connectivity index (χ1v) is 8.97. The molecule has 4 saturated carbocycles. The minimum absolute atomic E-state index is 0.0632. The van der Waals surface area contributed by atoms with E-state index in [0.29, 0.717) is 26.2 Å². The van der Waals surface area contributed by atoms with Crippen LogP contribution in [0, 0.1) is 17.8 Å². The van der Waals surface area contributed by atoms with E-state index in [1.54, 1.807) is 0 Å². The van der Waals surface area contributed by atoms with Crippen LogP contribution in [0.15, 0.2) is 0 Å². The molecule has 4 aliphatic rings. The third kappa shape index (κ3) is 2.66. The van der Waals surface area contributed by atoms with Gasteiger partial charge in [-0.15, -0.1) is 0 Å². The fourth-order valence-electron chi connectivity index (χ4n) is 6.03. The number of rotatable bonds is 6. The van der Waals surface area contributed by atoms with E-state index in [1.165, 1.54) is 7.11 Å². The van der Waals surface area contributed by atoms with Gasteiger partial charge in [0.05, 0.1) is 0 Å². The normalized spacial score (nSPS) is 42.4. The summed E-state index contributed by atoms with van der Waals surface area (Å²) in [5, 5.41) is 0. The molecule has 4 fully saturated rings. The van der Waals surface area contributed by atoms with Gasteiger partial charge < -0.3 is 9.47 Å². The number of carbonyl (C=O) groups excluding carboxylic acids is 1. The van der Waals surface area contributed by atoms with Crippen molar-refractivity contribution in [2.75, 3.05) is 13.8 Å². The summed E-state index contributed by atoms with van der Waals surface area (Å²) in [7, 11) is 1.28. The van der Waals surface area contributed by atoms with Crippen LogP contribution < -0.4 is 0 Å². The van der Waals surface area contributed by atoms with Crippen molar-refractivity contribution in [3.05, 3.63) is 0 Å². The molecule has 4 atom stereocenters. The van der Waals surface area contributed by atoms with Crippen LogP contribution in [0.5, 0.6) is 0 Å². The van der Waals surface area contributed by atoms with Crippen molar-refractivity contribution in [1.82, 2.24) is 0 Å². The van der Waals surface area contributed by atoms with Gasteiger partial charge in [-0.1, -0.05) is 0 Å². The molecule has 26 heavy (non-hydrogen) atoms. The summed E-state index contributed by atoms with van der Waals surface area (Å²) in [6, 6.07) is 0. The number of esters is 1. The zero-order valence-corrected chi connectivity index (χ0v) is 15.2. The first-order valence-electron chi connectivity index (χ1n) is 8.97. The molecule has 3 nitrogen and oxygen atoms in total. The van der Waals surface area contributed by atoms with Crippen LogP contribution in [-0.2, 0) is 14.3 Å². The lowest BCUT2D eigenvalue weighted by Gasteiger charge is -2.66. The second-order valence-electron chi connectivity index (χ2n) is 8.50. The van der Waals surface area contributed by atoms with E-state index in [4.69, 9.17) is 9.47 Å². The van der Waals surface area contributed by atoms with E-state index in [1.807, 2.05) is 0 Å². The molecule has 8 heteroatoms. The number of hydrogen-bond donors (Lipinski definition) is 0. The summed E-state index contributed by atoms with van der Waals surface area (Å²) < 4.78 is 80.0. The van der Waals surface area contributed by atoms with Crippen LogP contribution in [0.4, 0.5) is 22.0 Å². The third-order valence-electron chi connectivity index (χ3n) is 6.84. The number of halogens is 5. The SMILES string of the molecule is COC1(C(C)(F)C(F)CF)C2CC3CC1CC(OC(=O)C(C)(F)F)(C3)C2. The van der Waals surface area contributed by atoms with Crippen LogP contribution in [0.3, 0.4) is 0 Å². The lowest BCUT2D eigenvalue weighted by atomic mass is 9.45. The predicted octanol–water partition coefficient (Wildman–Crippen LogP) is 4.18. The first-order chi connectivity index (χ1) is 11.9. The Morgan fingerprint density at radius 1 is 1.15 bits per heavy atom. The summed E-state index contributed by atoms with van der Waals surface area (Å²) >= 11 is 0. The zero-order valence-electron chi connectivity index (χ0n) is 15.2. The monoisotopic (exact) mass is 384 g/mol. The van der Waals surface area contributed by atoms with Gasteiger partial charge in [0.15, 0.2) is 11.8 Å². The second kappa shape index (κ2) is 6.04. The second-order valence-corrected chi connectivity index (χ2v) is 8.50. The molecular formula is C18H25F5O3. The maximum absolute atomic E-state index is 15.5. The molecular weight excluding hydrogens is 359 g/mol. The topological polar surface area (TPSA) is 35.5 Å². The van der Waals surface area contributed by atoms with E-state index in [0.717, 1.165) is 6.92 Å². The van der Waals surface area contributed by atoms with Crippen LogP contribution in [0.25, 0.3) is 0 Å². The Hall–Kier alpha value is -0.920. The highest BCUT2D eigenvalue weighted by atomic mass is 19.3. The molecule has 4 rings (SSSR count). The molecule has 0 saturated heterocycles. The Balaban J connectivity index is 1.94. The van der Waals surface area contributed by atoms with E-state index in [9.17, 15) is 22.4 Å². The molecule has 0 N–H and O–H groups in total. The molecule has 4 bridgehead atoms. The van der Waals surface area contributed by atoms with Crippen molar-refractivity contribution in [1.29, 1.82) is 0 Å². The Kier molecular flexibility index (Phi) is 4.61. The first kappa shape index (κ1) is 19.8. The largest absolute Gasteiger partial charge is 0.455 e. The summed E-state index contributed by atoms with van der Waals surface area (Å²) in [5.74, 6) is -6.21. The van der Waals surface area contributed by atoms with Gasteiger partial charge in [-0.2, -0.15) is 8.78 Å². The van der Waals surface area contributed by atoms with Crippen molar-refractivity contribution >= 4 is 5.97 Å². The smallest absolute Gasteiger partial charge is 0.377 e. The fourth-order valence-corrected chi connectivity index (χ4v) is 6.03. The number of ether oxygens (including phenoxy) is 2. The molecule has 0 heterocycles. The van der Waals surface area contributed by atoms with Crippen molar-refractivity contribution in [3.63, 3.8) is 0 Å². The highest BCUT2D eigenvalue weighted by molar-refractivity contribution is 5.77. The number of alkyl halides is 5. The van der Waals surface area contributed by atoms with Crippen molar-refractivity contribution in [2.24, 2.45) is 17.8 Å². The quantitative estimate of drug-likeness (QED) is 0.509. The molecule has 0 aromatic carbocycles. The molecule has 0 aromatic rings. The highest BCUT2D eigenvalue weighted by Gasteiger charge is 2.72.